The van der Waals surface area contributed by atoms with E-state index in [4.69, 9.17) is 17.0 Å². The number of thiocarbonyl (C=S) groups is 1. The fourth-order valence-corrected chi connectivity index (χ4v) is 2.51. The maximum absolute atomic E-state index is 5.55. The number of benzene rings is 2. The van der Waals surface area contributed by atoms with Gasteiger partial charge in [0.05, 0.1) is 12.8 Å². The lowest BCUT2D eigenvalue weighted by Crippen LogP contribution is -2.34. The molecule has 0 heterocycles. The topological polar surface area (TPSA) is 24.5 Å². The van der Waals surface area contributed by atoms with Crippen LogP contribution in [-0.2, 0) is 0 Å². The van der Waals surface area contributed by atoms with Crippen molar-refractivity contribution in [3.8, 4) is 5.75 Å². The van der Waals surface area contributed by atoms with Crippen molar-refractivity contribution in [2.45, 2.75) is 13.8 Å². The molecule has 21 heavy (non-hydrogen) atoms. The molecule has 0 aliphatic rings. The molecule has 0 aliphatic heterocycles. The van der Waals surface area contributed by atoms with Gasteiger partial charge in [0, 0.05) is 12.2 Å². The third kappa shape index (κ3) is 3.73. The quantitative estimate of drug-likeness (QED) is 0.854. The zero-order valence-electron chi connectivity index (χ0n) is 12.6. The summed E-state index contributed by atoms with van der Waals surface area (Å²) < 4.78 is 5.34. The lowest BCUT2D eigenvalue weighted by Gasteiger charge is -2.25. The summed E-state index contributed by atoms with van der Waals surface area (Å²) in [6, 6.07) is 16.1. The minimum absolute atomic E-state index is 0.660. The second-order valence-electron chi connectivity index (χ2n) is 4.71. The molecule has 0 saturated carbocycles. The number of aryl methyl sites for hydroxylation is 1. The van der Waals surface area contributed by atoms with E-state index in [-0.39, 0.29) is 0 Å². The second-order valence-corrected chi connectivity index (χ2v) is 5.10. The fraction of sp³-hybridized carbons (Fsp3) is 0.235. The maximum Gasteiger partial charge on any atom is 0.178 e. The molecular formula is C17H20N2OS. The third-order valence-electron chi connectivity index (χ3n) is 3.22. The number of nitrogens with zero attached hydrogens (tertiary/aromatic N) is 1. The van der Waals surface area contributed by atoms with Gasteiger partial charge in [-0.15, -0.1) is 0 Å². The summed E-state index contributed by atoms with van der Waals surface area (Å²) in [6.45, 7) is 4.96. The Labute approximate surface area is 131 Å². The van der Waals surface area contributed by atoms with Gasteiger partial charge in [-0.05, 0) is 55.9 Å². The van der Waals surface area contributed by atoms with E-state index >= 15 is 0 Å². The highest BCUT2D eigenvalue weighted by Crippen LogP contribution is 2.24. The van der Waals surface area contributed by atoms with Crippen LogP contribution in [0.25, 0.3) is 0 Å². The highest BCUT2D eigenvalue weighted by atomic mass is 32.1. The van der Waals surface area contributed by atoms with Crippen LogP contribution in [0.4, 0.5) is 11.4 Å². The van der Waals surface area contributed by atoms with Crippen molar-refractivity contribution >= 4 is 28.7 Å². The summed E-state index contributed by atoms with van der Waals surface area (Å²) in [7, 11) is 1.65. The molecule has 2 aromatic rings. The van der Waals surface area contributed by atoms with Gasteiger partial charge in [-0.2, -0.15) is 0 Å². The largest absolute Gasteiger partial charge is 0.495 e. The molecule has 1 N–H and O–H groups in total. The van der Waals surface area contributed by atoms with Gasteiger partial charge in [0.15, 0.2) is 5.11 Å². The van der Waals surface area contributed by atoms with Gasteiger partial charge >= 0.3 is 0 Å². The Morgan fingerprint density at radius 2 is 1.95 bits per heavy atom. The van der Waals surface area contributed by atoms with Crippen LogP contribution in [-0.4, -0.2) is 18.8 Å². The van der Waals surface area contributed by atoms with Crippen molar-refractivity contribution in [3.63, 3.8) is 0 Å². The lowest BCUT2D eigenvalue weighted by atomic mass is 10.2. The van der Waals surface area contributed by atoms with E-state index in [1.54, 1.807) is 7.11 Å². The van der Waals surface area contributed by atoms with Crippen LogP contribution in [0.2, 0.25) is 0 Å². The molecule has 0 radical (unpaired) electrons. The standard InChI is InChI=1S/C17H20N2OS/c1-4-19(14-9-7-8-13(2)12-14)17(21)18-15-10-5-6-11-16(15)20-3/h5-12H,4H2,1-3H3,(H,18,21). The molecule has 0 aliphatic carbocycles. The van der Waals surface area contributed by atoms with Crippen molar-refractivity contribution in [3.05, 3.63) is 54.1 Å². The smallest absolute Gasteiger partial charge is 0.178 e. The summed E-state index contributed by atoms with van der Waals surface area (Å²) >= 11 is 5.55. The molecule has 110 valence electrons. The molecule has 0 amide bonds. The van der Waals surface area contributed by atoms with Crippen LogP contribution in [0.3, 0.4) is 0 Å². The van der Waals surface area contributed by atoms with E-state index in [9.17, 15) is 0 Å². The number of methoxy groups -OCH3 is 1. The van der Waals surface area contributed by atoms with Gasteiger partial charge in [-0.1, -0.05) is 24.3 Å². The minimum atomic E-state index is 0.660. The van der Waals surface area contributed by atoms with E-state index in [2.05, 4.69) is 42.3 Å². The number of hydrogen-bond donors (Lipinski definition) is 1. The number of anilines is 2. The summed E-state index contributed by atoms with van der Waals surface area (Å²) in [5, 5.41) is 3.92. The van der Waals surface area contributed by atoms with Crippen LogP contribution in [0.15, 0.2) is 48.5 Å². The van der Waals surface area contributed by atoms with Crippen molar-refractivity contribution in [2.24, 2.45) is 0 Å². The number of ether oxygens (including phenoxy) is 1. The Balaban J connectivity index is 2.21. The van der Waals surface area contributed by atoms with Crippen molar-refractivity contribution < 1.29 is 4.74 Å². The van der Waals surface area contributed by atoms with Gasteiger partial charge in [-0.25, -0.2) is 0 Å². The molecule has 0 atom stereocenters. The first-order valence-electron chi connectivity index (χ1n) is 6.94. The molecule has 0 aromatic heterocycles. The summed E-state index contributed by atoms with van der Waals surface area (Å²) in [6.07, 6.45) is 0. The molecule has 4 heteroatoms. The van der Waals surface area contributed by atoms with E-state index < -0.39 is 0 Å². The Bertz CT molecular complexity index is 628. The Morgan fingerprint density at radius 3 is 2.62 bits per heavy atom. The number of nitrogens with one attached hydrogen (secondary N) is 1. The predicted octanol–water partition coefficient (Wildman–Crippen LogP) is 4.23. The Kier molecular flexibility index (Phi) is 5.17. The number of rotatable bonds is 4. The average molecular weight is 300 g/mol. The molecular weight excluding hydrogens is 280 g/mol. The van der Waals surface area contributed by atoms with Gasteiger partial charge in [-0.3, -0.25) is 0 Å². The van der Waals surface area contributed by atoms with Crippen molar-refractivity contribution in [2.75, 3.05) is 23.9 Å². The van der Waals surface area contributed by atoms with Gasteiger partial charge in [0.2, 0.25) is 0 Å². The van der Waals surface area contributed by atoms with Crippen LogP contribution in [0.5, 0.6) is 5.75 Å². The van der Waals surface area contributed by atoms with Crippen LogP contribution in [0, 0.1) is 6.92 Å². The fourth-order valence-electron chi connectivity index (χ4n) is 2.17. The molecule has 0 saturated heterocycles. The maximum atomic E-state index is 5.55. The van der Waals surface area contributed by atoms with E-state index in [1.807, 2.05) is 30.3 Å². The van der Waals surface area contributed by atoms with Crippen molar-refractivity contribution in [1.82, 2.24) is 0 Å². The molecule has 0 bridgehead atoms. The monoisotopic (exact) mass is 300 g/mol. The third-order valence-corrected chi connectivity index (χ3v) is 3.55. The van der Waals surface area contributed by atoms with Crippen LogP contribution >= 0.6 is 12.2 Å². The van der Waals surface area contributed by atoms with Crippen molar-refractivity contribution in [1.29, 1.82) is 0 Å². The second kappa shape index (κ2) is 7.09. The molecule has 2 aromatic carbocycles. The minimum Gasteiger partial charge on any atom is -0.495 e. The molecule has 3 nitrogen and oxygen atoms in total. The average Bonchev–Trinajstić information content (AvgIpc) is 2.48. The summed E-state index contributed by atoms with van der Waals surface area (Å²) in [5.74, 6) is 0.778. The van der Waals surface area contributed by atoms with E-state index in [1.165, 1.54) is 5.56 Å². The van der Waals surface area contributed by atoms with E-state index in [0.29, 0.717) is 5.11 Å². The van der Waals surface area contributed by atoms with Gasteiger partial charge in [0.25, 0.3) is 0 Å². The number of para-hydroxylation sites is 2. The SMILES string of the molecule is CCN(C(=S)Nc1ccccc1OC)c1cccc(C)c1. The Morgan fingerprint density at radius 1 is 1.19 bits per heavy atom. The highest BCUT2D eigenvalue weighted by molar-refractivity contribution is 7.80. The first kappa shape index (κ1) is 15.3. The van der Waals surface area contributed by atoms with Gasteiger partial charge in [0.1, 0.15) is 5.75 Å². The van der Waals surface area contributed by atoms with E-state index in [0.717, 1.165) is 23.7 Å². The van der Waals surface area contributed by atoms with Gasteiger partial charge < -0.3 is 15.0 Å². The molecule has 0 spiro atoms. The zero-order chi connectivity index (χ0) is 15.2. The lowest BCUT2D eigenvalue weighted by molar-refractivity contribution is 0.417. The predicted molar refractivity (Wildman–Crippen MR) is 93.4 cm³/mol. The van der Waals surface area contributed by atoms with Crippen LogP contribution in [0.1, 0.15) is 12.5 Å². The first-order valence-corrected chi connectivity index (χ1v) is 7.34. The first-order chi connectivity index (χ1) is 10.2. The molecule has 0 unspecified atom stereocenters. The summed E-state index contributed by atoms with van der Waals surface area (Å²) in [4.78, 5) is 2.06. The highest BCUT2D eigenvalue weighted by Gasteiger charge is 2.12. The number of hydrogen-bond acceptors (Lipinski definition) is 2. The Hall–Kier alpha value is -2.07. The van der Waals surface area contributed by atoms with Crippen LogP contribution < -0.4 is 15.0 Å². The normalized spacial score (nSPS) is 10.0. The summed E-state index contributed by atoms with van der Waals surface area (Å²) in [5.41, 5.74) is 3.17. The molecule has 2 rings (SSSR count). The zero-order valence-corrected chi connectivity index (χ0v) is 13.4. The molecule has 0 fully saturated rings.